The van der Waals surface area contributed by atoms with Crippen LogP contribution in [0.3, 0.4) is 0 Å². The molecule has 210 valence electrons. The molecule has 2 N–H and O–H groups in total. The van der Waals surface area contributed by atoms with Gasteiger partial charge in [-0.2, -0.15) is 0 Å². The van der Waals surface area contributed by atoms with Crippen LogP contribution in [0.1, 0.15) is 24.0 Å². The quantitative estimate of drug-likeness (QED) is 0.179. The molecule has 2 aromatic carbocycles. The number of carbonyl (C=O) groups excluding carboxylic acids is 3. The molecule has 0 radical (unpaired) electrons. The highest BCUT2D eigenvalue weighted by atomic mass is 16.5. The zero-order valence-electron chi connectivity index (χ0n) is 22.3. The molecule has 4 rings (SSSR count). The lowest BCUT2D eigenvalue weighted by Crippen LogP contribution is -2.47. The summed E-state index contributed by atoms with van der Waals surface area (Å²) in [6, 6.07) is 21.9. The van der Waals surface area contributed by atoms with Gasteiger partial charge in [0.05, 0.1) is 24.8 Å². The van der Waals surface area contributed by atoms with Gasteiger partial charge < -0.3 is 15.2 Å². The van der Waals surface area contributed by atoms with Crippen molar-refractivity contribution >= 4 is 17.5 Å². The van der Waals surface area contributed by atoms with Gasteiger partial charge in [0.2, 0.25) is 23.4 Å². The van der Waals surface area contributed by atoms with Crippen LogP contribution < -0.4 is 15.6 Å². The Labute approximate surface area is 236 Å². The van der Waals surface area contributed by atoms with E-state index in [0.717, 1.165) is 10.1 Å². The molecule has 10 heteroatoms. The van der Waals surface area contributed by atoms with Gasteiger partial charge in [0.15, 0.2) is 0 Å². The van der Waals surface area contributed by atoms with Gasteiger partial charge in [0.1, 0.15) is 12.4 Å². The number of carbonyl (C=O) groups is 3. The number of aliphatic hydroxyl groups excluding tert-OH is 1. The number of ketones is 2. The van der Waals surface area contributed by atoms with E-state index in [1.165, 1.54) is 6.20 Å². The highest BCUT2D eigenvalue weighted by Gasteiger charge is 2.27. The third kappa shape index (κ3) is 8.02. The normalized spacial score (nSPS) is 11.4. The van der Waals surface area contributed by atoms with Crippen molar-refractivity contribution in [2.45, 2.75) is 38.5 Å². The van der Waals surface area contributed by atoms with Crippen LogP contribution in [0.4, 0.5) is 0 Å². The van der Waals surface area contributed by atoms with Crippen molar-refractivity contribution in [3.63, 3.8) is 0 Å². The van der Waals surface area contributed by atoms with Crippen molar-refractivity contribution in [3.05, 3.63) is 113 Å². The summed E-state index contributed by atoms with van der Waals surface area (Å²) in [5.41, 5.74) is 0.800. The van der Waals surface area contributed by atoms with Crippen LogP contribution in [-0.4, -0.2) is 49.8 Å². The zero-order chi connectivity index (χ0) is 29.0. The van der Waals surface area contributed by atoms with Gasteiger partial charge in [-0.15, -0.1) is 0 Å². The molecule has 0 fully saturated rings. The fraction of sp³-hybridized carbons (Fsp3) is 0.226. The average molecular weight is 555 g/mol. The number of aliphatic hydroxyl groups is 1. The van der Waals surface area contributed by atoms with Crippen molar-refractivity contribution in [2.24, 2.45) is 0 Å². The molecular weight excluding hydrogens is 524 g/mol. The molecule has 0 aliphatic heterocycles. The molecule has 0 aliphatic carbocycles. The van der Waals surface area contributed by atoms with Crippen LogP contribution >= 0.6 is 0 Å². The first-order valence-electron chi connectivity index (χ1n) is 13.2. The number of rotatable bonds is 14. The number of hydrogen-bond acceptors (Lipinski definition) is 8. The van der Waals surface area contributed by atoms with E-state index in [1.54, 1.807) is 72.9 Å². The Bertz CT molecular complexity index is 1530. The van der Waals surface area contributed by atoms with E-state index in [1.807, 2.05) is 12.1 Å². The van der Waals surface area contributed by atoms with E-state index in [0.29, 0.717) is 17.9 Å². The molecule has 0 saturated heterocycles. The summed E-state index contributed by atoms with van der Waals surface area (Å²) in [6.45, 7) is -0.810. The van der Waals surface area contributed by atoms with Crippen molar-refractivity contribution < 1.29 is 24.2 Å². The van der Waals surface area contributed by atoms with Gasteiger partial charge in [-0.3, -0.25) is 23.7 Å². The predicted molar refractivity (Wildman–Crippen MR) is 151 cm³/mol. The van der Waals surface area contributed by atoms with Crippen molar-refractivity contribution in [2.75, 3.05) is 6.61 Å². The van der Waals surface area contributed by atoms with Crippen LogP contribution in [0.2, 0.25) is 0 Å². The molecule has 1 unspecified atom stereocenters. The second-order valence-corrected chi connectivity index (χ2v) is 9.24. The number of pyridine rings is 1. The SMILES string of the molecule is O=C(Cn1c(-c2ccccc2)ncc(CO)c1=O)NC(Cc1ccccc1)C(=O)C(=O)CCCOc1ccccn1. The summed E-state index contributed by atoms with van der Waals surface area (Å²) in [4.78, 5) is 60.7. The standard InChI is InChI=1S/C31H30N4O6/c36-21-24-19-33-30(23-12-5-2-6-13-23)35(31(24)40)20-27(38)34-25(18-22-10-3-1-4-11-22)29(39)26(37)14-9-17-41-28-15-7-8-16-32-28/h1-8,10-13,15-16,19,25,36H,9,14,17-18,20-21H2,(H,34,38). The van der Waals surface area contributed by atoms with Crippen LogP contribution in [0.15, 0.2) is 96.1 Å². The largest absolute Gasteiger partial charge is 0.478 e. The number of aromatic nitrogens is 3. The Morgan fingerprint density at radius 2 is 1.63 bits per heavy atom. The lowest BCUT2D eigenvalue weighted by Gasteiger charge is -2.19. The molecule has 10 nitrogen and oxygen atoms in total. The number of amides is 1. The monoisotopic (exact) mass is 554 g/mol. The summed E-state index contributed by atoms with van der Waals surface area (Å²) >= 11 is 0. The minimum absolute atomic E-state index is 0.0255. The molecule has 2 aromatic heterocycles. The minimum Gasteiger partial charge on any atom is -0.478 e. The molecule has 41 heavy (non-hydrogen) atoms. The lowest BCUT2D eigenvalue weighted by molar-refractivity contribution is -0.139. The Balaban J connectivity index is 1.48. The molecule has 1 atom stereocenters. The van der Waals surface area contributed by atoms with Crippen molar-refractivity contribution in [1.29, 1.82) is 0 Å². The third-order valence-corrected chi connectivity index (χ3v) is 6.27. The first-order chi connectivity index (χ1) is 20.0. The Hall–Kier alpha value is -4.96. The van der Waals surface area contributed by atoms with Gasteiger partial charge in [-0.25, -0.2) is 9.97 Å². The van der Waals surface area contributed by atoms with Crippen LogP contribution in [0.5, 0.6) is 5.88 Å². The fourth-order valence-electron chi connectivity index (χ4n) is 4.21. The highest BCUT2D eigenvalue weighted by Crippen LogP contribution is 2.15. The van der Waals surface area contributed by atoms with Crippen molar-refractivity contribution in [3.8, 4) is 17.3 Å². The maximum absolute atomic E-state index is 13.2. The van der Waals surface area contributed by atoms with E-state index in [4.69, 9.17) is 4.74 Å². The first kappa shape index (κ1) is 29.0. The number of nitrogens with zero attached hydrogens (tertiary/aromatic N) is 3. The maximum atomic E-state index is 13.2. The average Bonchev–Trinajstić information content (AvgIpc) is 3.01. The molecule has 1 amide bonds. The Morgan fingerprint density at radius 1 is 0.927 bits per heavy atom. The first-order valence-corrected chi connectivity index (χ1v) is 13.2. The van der Waals surface area contributed by atoms with Gasteiger partial charge in [0.25, 0.3) is 5.56 Å². The fourth-order valence-corrected chi connectivity index (χ4v) is 4.21. The molecule has 0 bridgehead atoms. The van der Waals surface area contributed by atoms with Gasteiger partial charge in [-0.05, 0) is 18.1 Å². The summed E-state index contributed by atoms with van der Waals surface area (Å²) in [7, 11) is 0. The smallest absolute Gasteiger partial charge is 0.259 e. The van der Waals surface area contributed by atoms with E-state index < -0.39 is 42.2 Å². The Morgan fingerprint density at radius 3 is 2.32 bits per heavy atom. The van der Waals surface area contributed by atoms with Gasteiger partial charge in [-0.1, -0.05) is 66.7 Å². The van der Waals surface area contributed by atoms with Gasteiger partial charge in [0, 0.05) is 36.9 Å². The minimum atomic E-state index is -1.14. The van der Waals surface area contributed by atoms with Crippen LogP contribution in [-0.2, 0) is 34.0 Å². The number of nitrogens with one attached hydrogen (secondary N) is 1. The molecule has 2 heterocycles. The summed E-state index contributed by atoms with van der Waals surface area (Å²) in [5.74, 6) is -1.37. The lowest BCUT2D eigenvalue weighted by atomic mass is 9.98. The zero-order valence-corrected chi connectivity index (χ0v) is 22.3. The van der Waals surface area contributed by atoms with Gasteiger partial charge >= 0.3 is 0 Å². The molecule has 0 saturated carbocycles. The molecular formula is C31H30N4O6. The number of Topliss-reactive ketones (excluding diaryl/α,β-unsaturated/α-hetero) is 2. The summed E-state index contributed by atoms with van der Waals surface area (Å²) < 4.78 is 6.65. The Kier molecular flexibility index (Phi) is 10.2. The highest BCUT2D eigenvalue weighted by molar-refractivity contribution is 6.39. The second-order valence-electron chi connectivity index (χ2n) is 9.24. The van der Waals surface area contributed by atoms with Crippen molar-refractivity contribution in [1.82, 2.24) is 19.9 Å². The number of hydrogen-bond donors (Lipinski definition) is 2. The van der Waals surface area contributed by atoms with E-state index in [2.05, 4.69) is 15.3 Å². The van der Waals surface area contributed by atoms with E-state index in [-0.39, 0.29) is 30.8 Å². The predicted octanol–water partition coefficient (Wildman–Crippen LogP) is 2.52. The second kappa shape index (κ2) is 14.4. The van der Waals surface area contributed by atoms with E-state index in [9.17, 15) is 24.3 Å². The van der Waals surface area contributed by atoms with E-state index >= 15 is 0 Å². The third-order valence-electron chi connectivity index (χ3n) is 6.27. The maximum Gasteiger partial charge on any atom is 0.259 e. The number of benzene rings is 2. The van der Waals surface area contributed by atoms with Crippen LogP contribution in [0, 0.1) is 0 Å². The topological polar surface area (TPSA) is 140 Å². The van der Waals surface area contributed by atoms with Crippen LogP contribution in [0.25, 0.3) is 11.4 Å². The molecule has 0 spiro atoms. The molecule has 4 aromatic rings. The molecule has 0 aliphatic rings. The number of ether oxygens (including phenoxy) is 1. The summed E-state index contributed by atoms with van der Waals surface area (Å²) in [6.07, 6.45) is 3.19. The summed E-state index contributed by atoms with van der Waals surface area (Å²) in [5, 5.41) is 12.2.